The van der Waals surface area contributed by atoms with E-state index in [1.165, 1.54) is 7.11 Å². The lowest BCUT2D eigenvalue weighted by atomic mass is 10.2. The molecule has 96 valence electrons. The van der Waals surface area contributed by atoms with Crippen molar-refractivity contribution in [3.05, 3.63) is 22.7 Å². The summed E-state index contributed by atoms with van der Waals surface area (Å²) in [4.78, 5) is 0. The van der Waals surface area contributed by atoms with E-state index in [2.05, 4.69) is 5.32 Å². The van der Waals surface area contributed by atoms with Crippen LogP contribution in [0.4, 0.5) is 5.69 Å². The summed E-state index contributed by atoms with van der Waals surface area (Å²) in [6.07, 6.45) is 0. The molecule has 0 aliphatic heterocycles. The topological polar surface area (TPSA) is 81.4 Å². The Kier molecular flexibility index (Phi) is 4.62. The fraction of sp³-hybridized carbons (Fsp3) is 0.400. The van der Waals surface area contributed by atoms with Gasteiger partial charge in [-0.1, -0.05) is 11.6 Å². The Balaban J connectivity index is 2.80. The molecule has 17 heavy (non-hydrogen) atoms. The lowest BCUT2D eigenvalue weighted by Crippen LogP contribution is -2.22. The highest BCUT2D eigenvalue weighted by Crippen LogP contribution is 2.30. The van der Waals surface area contributed by atoms with Gasteiger partial charge in [-0.15, -0.1) is 0 Å². The van der Waals surface area contributed by atoms with Crippen LogP contribution in [0, 0.1) is 6.92 Å². The van der Waals surface area contributed by atoms with Crippen LogP contribution < -0.4 is 15.2 Å². The van der Waals surface area contributed by atoms with Gasteiger partial charge in [0.2, 0.25) is 10.0 Å². The van der Waals surface area contributed by atoms with Gasteiger partial charge in [0.15, 0.2) is 0 Å². The molecule has 0 aromatic heterocycles. The number of sulfonamides is 1. The minimum atomic E-state index is -3.46. The molecule has 0 fully saturated rings. The van der Waals surface area contributed by atoms with Crippen molar-refractivity contribution < 1.29 is 13.2 Å². The molecule has 1 aromatic carbocycles. The van der Waals surface area contributed by atoms with Gasteiger partial charge in [0.1, 0.15) is 5.75 Å². The van der Waals surface area contributed by atoms with E-state index in [1.54, 1.807) is 12.1 Å². The summed E-state index contributed by atoms with van der Waals surface area (Å²) < 4.78 is 26.7. The highest BCUT2D eigenvalue weighted by atomic mass is 35.5. The quantitative estimate of drug-likeness (QED) is 0.852. The van der Waals surface area contributed by atoms with Gasteiger partial charge in [-0.05, 0) is 18.6 Å². The van der Waals surface area contributed by atoms with Crippen LogP contribution in [0.2, 0.25) is 5.02 Å². The fourth-order valence-corrected chi connectivity index (χ4v) is 1.84. The maximum absolute atomic E-state index is 10.8. The largest absolute Gasteiger partial charge is 0.495 e. The Morgan fingerprint density at radius 1 is 1.47 bits per heavy atom. The smallest absolute Gasteiger partial charge is 0.210 e. The van der Waals surface area contributed by atoms with E-state index < -0.39 is 10.0 Å². The molecule has 0 radical (unpaired) electrons. The van der Waals surface area contributed by atoms with Gasteiger partial charge in [-0.3, -0.25) is 0 Å². The molecule has 1 aromatic rings. The highest BCUT2D eigenvalue weighted by molar-refractivity contribution is 7.89. The maximum atomic E-state index is 10.8. The first kappa shape index (κ1) is 14.1. The summed E-state index contributed by atoms with van der Waals surface area (Å²) in [6, 6.07) is 3.47. The summed E-state index contributed by atoms with van der Waals surface area (Å²) in [5.41, 5.74) is 1.57. The van der Waals surface area contributed by atoms with E-state index in [-0.39, 0.29) is 12.3 Å². The first-order valence-corrected chi connectivity index (χ1v) is 7.01. The van der Waals surface area contributed by atoms with Crippen LogP contribution in [0.5, 0.6) is 5.75 Å². The van der Waals surface area contributed by atoms with Gasteiger partial charge < -0.3 is 10.1 Å². The Labute approximate surface area is 106 Å². The van der Waals surface area contributed by atoms with Gasteiger partial charge >= 0.3 is 0 Å². The fourth-order valence-electron chi connectivity index (χ4n) is 1.30. The minimum absolute atomic E-state index is 0.141. The number of nitrogens with one attached hydrogen (secondary N) is 1. The third-order valence-corrected chi connectivity index (χ3v) is 3.36. The molecule has 0 amide bonds. The predicted molar refractivity (Wildman–Crippen MR) is 69.2 cm³/mol. The lowest BCUT2D eigenvalue weighted by molar-refractivity contribution is 0.416. The molecule has 0 saturated heterocycles. The average Bonchev–Trinajstić information content (AvgIpc) is 2.21. The van der Waals surface area contributed by atoms with Crippen molar-refractivity contribution in [1.29, 1.82) is 0 Å². The van der Waals surface area contributed by atoms with Crippen LogP contribution >= 0.6 is 11.6 Å². The number of halogens is 1. The van der Waals surface area contributed by atoms with Crippen molar-refractivity contribution in [2.24, 2.45) is 5.14 Å². The molecule has 0 unspecified atom stereocenters. The standard InChI is InChI=1S/C10H15ClN2O3S/c1-7-5-9(10(16-2)6-8(7)11)13-3-4-17(12,14)15/h5-6,13H,3-4H2,1-2H3,(H2,12,14,15). The molecule has 1 rings (SSSR count). The second kappa shape index (κ2) is 5.57. The Morgan fingerprint density at radius 2 is 2.12 bits per heavy atom. The summed E-state index contributed by atoms with van der Waals surface area (Å²) >= 11 is 5.95. The average molecular weight is 279 g/mol. The minimum Gasteiger partial charge on any atom is -0.495 e. The van der Waals surface area contributed by atoms with E-state index in [9.17, 15) is 8.42 Å². The van der Waals surface area contributed by atoms with Crippen LogP contribution in [0.25, 0.3) is 0 Å². The van der Waals surface area contributed by atoms with Crippen molar-refractivity contribution in [1.82, 2.24) is 0 Å². The number of primary sulfonamides is 1. The van der Waals surface area contributed by atoms with Crippen LogP contribution in [0.1, 0.15) is 5.56 Å². The Hall–Kier alpha value is -0.980. The Bertz CT molecular complexity index is 503. The number of rotatable bonds is 5. The summed E-state index contributed by atoms with van der Waals surface area (Å²) in [5, 5.41) is 8.45. The molecule has 5 nitrogen and oxygen atoms in total. The maximum Gasteiger partial charge on any atom is 0.210 e. The molecule has 0 bridgehead atoms. The molecule has 0 atom stereocenters. The van der Waals surface area contributed by atoms with E-state index in [1.807, 2.05) is 6.92 Å². The second-order valence-electron chi connectivity index (χ2n) is 3.60. The first-order valence-electron chi connectivity index (χ1n) is 4.92. The Morgan fingerprint density at radius 3 is 2.65 bits per heavy atom. The zero-order chi connectivity index (χ0) is 13.1. The van der Waals surface area contributed by atoms with Crippen LogP contribution in [0.15, 0.2) is 12.1 Å². The van der Waals surface area contributed by atoms with E-state index in [0.29, 0.717) is 16.5 Å². The third-order valence-electron chi connectivity index (χ3n) is 2.18. The molecular weight excluding hydrogens is 264 g/mol. The zero-order valence-electron chi connectivity index (χ0n) is 9.66. The SMILES string of the molecule is COc1cc(Cl)c(C)cc1NCCS(N)(=O)=O. The number of hydrogen-bond donors (Lipinski definition) is 2. The number of benzene rings is 1. The number of anilines is 1. The zero-order valence-corrected chi connectivity index (χ0v) is 11.2. The molecule has 0 heterocycles. The number of hydrogen-bond acceptors (Lipinski definition) is 4. The summed E-state index contributed by atoms with van der Waals surface area (Å²) in [6.45, 7) is 2.07. The molecule has 0 spiro atoms. The summed E-state index contributed by atoms with van der Waals surface area (Å²) in [5.74, 6) is 0.424. The molecule has 0 saturated carbocycles. The monoisotopic (exact) mass is 278 g/mol. The third kappa shape index (κ3) is 4.41. The van der Waals surface area contributed by atoms with Gasteiger partial charge in [0.25, 0.3) is 0 Å². The van der Waals surface area contributed by atoms with Crippen LogP contribution in [-0.4, -0.2) is 27.8 Å². The molecule has 0 aliphatic rings. The highest BCUT2D eigenvalue weighted by Gasteiger charge is 2.08. The van der Waals surface area contributed by atoms with E-state index in [4.69, 9.17) is 21.5 Å². The van der Waals surface area contributed by atoms with Crippen molar-refractivity contribution >= 4 is 27.3 Å². The van der Waals surface area contributed by atoms with E-state index >= 15 is 0 Å². The van der Waals surface area contributed by atoms with E-state index in [0.717, 1.165) is 5.56 Å². The predicted octanol–water partition coefficient (Wildman–Crippen LogP) is 1.36. The van der Waals surface area contributed by atoms with Gasteiger partial charge in [-0.2, -0.15) is 0 Å². The molecule has 7 heteroatoms. The molecular formula is C10H15ClN2O3S. The molecule has 0 aliphatic carbocycles. The summed E-state index contributed by atoms with van der Waals surface area (Å²) in [7, 11) is -1.94. The number of aryl methyl sites for hydroxylation is 1. The second-order valence-corrected chi connectivity index (χ2v) is 5.74. The van der Waals surface area contributed by atoms with Crippen molar-refractivity contribution in [3.8, 4) is 5.75 Å². The van der Waals surface area contributed by atoms with Gasteiger partial charge in [0, 0.05) is 17.6 Å². The van der Waals surface area contributed by atoms with Crippen LogP contribution in [0.3, 0.4) is 0 Å². The number of ether oxygens (including phenoxy) is 1. The number of nitrogens with two attached hydrogens (primary N) is 1. The van der Waals surface area contributed by atoms with Gasteiger partial charge in [0.05, 0.1) is 18.6 Å². The number of methoxy groups -OCH3 is 1. The van der Waals surface area contributed by atoms with Crippen LogP contribution in [-0.2, 0) is 10.0 Å². The normalized spacial score (nSPS) is 11.3. The lowest BCUT2D eigenvalue weighted by Gasteiger charge is -2.12. The van der Waals surface area contributed by atoms with Crippen molar-refractivity contribution in [2.45, 2.75) is 6.92 Å². The van der Waals surface area contributed by atoms with Crippen molar-refractivity contribution in [3.63, 3.8) is 0 Å². The van der Waals surface area contributed by atoms with Crippen molar-refractivity contribution in [2.75, 3.05) is 24.7 Å². The molecule has 3 N–H and O–H groups in total. The van der Waals surface area contributed by atoms with Gasteiger partial charge in [-0.25, -0.2) is 13.6 Å². The first-order chi connectivity index (χ1) is 7.83.